The molecule has 0 aromatic heterocycles. The van der Waals surface area contributed by atoms with Crippen molar-refractivity contribution in [3.8, 4) is 0 Å². The quantitative estimate of drug-likeness (QED) is 0.630. The lowest BCUT2D eigenvalue weighted by Crippen LogP contribution is -2.57. The lowest BCUT2D eigenvalue weighted by atomic mass is 9.77. The molecule has 0 aliphatic heterocycles. The van der Waals surface area contributed by atoms with Crippen LogP contribution in [0.25, 0.3) is 0 Å². The second-order valence-electron chi connectivity index (χ2n) is 3.42. The van der Waals surface area contributed by atoms with Crippen LogP contribution in [-0.4, -0.2) is 11.5 Å². The molecular formula is C8H15F2N. The third-order valence-electron chi connectivity index (χ3n) is 2.72. The highest BCUT2D eigenvalue weighted by molar-refractivity contribution is 4.99. The summed E-state index contributed by atoms with van der Waals surface area (Å²) < 4.78 is 26.3. The van der Waals surface area contributed by atoms with Gasteiger partial charge in [0.25, 0.3) is 5.92 Å². The lowest BCUT2D eigenvalue weighted by molar-refractivity contribution is -0.103. The van der Waals surface area contributed by atoms with E-state index in [0.29, 0.717) is 19.3 Å². The van der Waals surface area contributed by atoms with E-state index in [-0.39, 0.29) is 6.42 Å². The fourth-order valence-electron chi connectivity index (χ4n) is 1.65. The summed E-state index contributed by atoms with van der Waals surface area (Å²) in [5.41, 5.74) is 4.37. The van der Waals surface area contributed by atoms with Crippen LogP contribution in [0.2, 0.25) is 0 Å². The van der Waals surface area contributed by atoms with Gasteiger partial charge < -0.3 is 5.73 Å². The van der Waals surface area contributed by atoms with E-state index in [1.165, 1.54) is 0 Å². The molecule has 0 radical (unpaired) electrons. The predicted octanol–water partition coefficient (Wildman–Crippen LogP) is 2.30. The van der Waals surface area contributed by atoms with Gasteiger partial charge in [0.05, 0.1) is 5.54 Å². The maximum absolute atomic E-state index is 13.1. The average molecular weight is 163 g/mol. The molecule has 1 atom stereocenters. The molecule has 3 heteroatoms. The fourth-order valence-corrected chi connectivity index (χ4v) is 1.65. The fraction of sp³-hybridized carbons (Fsp3) is 1.00. The van der Waals surface area contributed by atoms with E-state index >= 15 is 0 Å². The maximum Gasteiger partial charge on any atom is 0.265 e. The summed E-state index contributed by atoms with van der Waals surface area (Å²) in [5.74, 6) is -2.64. The normalized spacial score (nSPS) is 37.1. The molecule has 0 aromatic rings. The molecule has 1 fully saturated rings. The summed E-state index contributed by atoms with van der Waals surface area (Å²) in [5, 5.41) is 0. The molecule has 66 valence electrons. The monoisotopic (exact) mass is 163 g/mol. The Kier molecular flexibility index (Phi) is 2.19. The number of alkyl halides is 2. The van der Waals surface area contributed by atoms with Crippen molar-refractivity contribution in [1.29, 1.82) is 0 Å². The number of hydrogen-bond acceptors (Lipinski definition) is 1. The third-order valence-corrected chi connectivity index (χ3v) is 2.72. The summed E-state index contributed by atoms with van der Waals surface area (Å²) in [6.07, 6.45) is 2.28. The molecule has 1 nitrogen and oxygen atoms in total. The predicted molar refractivity (Wildman–Crippen MR) is 40.6 cm³/mol. The van der Waals surface area contributed by atoms with Crippen molar-refractivity contribution in [2.24, 2.45) is 5.73 Å². The third kappa shape index (κ3) is 1.39. The topological polar surface area (TPSA) is 26.0 Å². The number of nitrogens with two attached hydrogens (primary N) is 1. The van der Waals surface area contributed by atoms with Crippen LogP contribution in [0.4, 0.5) is 8.78 Å². The van der Waals surface area contributed by atoms with Crippen LogP contribution in [0.15, 0.2) is 0 Å². The first-order chi connectivity index (χ1) is 5.02. The molecule has 1 rings (SSSR count). The van der Waals surface area contributed by atoms with Crippen molar-refractivity contribution < 1.29 is 8.78 Å². The summed E-state index contributed by atoms with van der Waals surface area (Å²) in [6.45, 7) is 1.74. The van der Waals surface area contributed by atoms with E-state index in [4.69, 9.17) is 5.73 Å². The van der Waals surface area contributed by atoms with Crippen molar-refractivity contribution >= 4 is 0 Å². The van der Waals surface area contributed by atoms with Crippen LogP contribution in [0, 0.1) is 0 Å². The van der Waals surface area contributed by atoms with Crippen LogP contribution >= 0.6 is 0 Å². The smallest absolute Gasteiger partial charge is 0.265 e. The molecule has 0 aromatic carbocycles. The van der Waals surface area contributed by atoms with Crippen molar-refractivity contribution in [2.75, 3.05) is 0 Å². The molecule has 0 heterocycles. The summed E-state index contributed by atoms with van der Waals surface area (Å²) in [4.78, 5) is 0. The Hall–Kier alpha value is -0.180. The molecule has 0 spiro atoms. The lowest BCUT2D eigenvalue weighted by Gasteiger charge is -2.40. The van der Waals surface area contributed by atoms with Gasteiger partial charge in [-0.25, -0.2) is 8.78 Å². The van der Waals surface area contributed by atoms with Crippen LogP contribution in [-0.2, 0) is 0 Å². The van der Waals surface area contributed by atoms with Gasteiger partial charge in [-0.3, -0.25) is 0 Å². The van der Waals surface area contributed by atoms with E-state index in [0.717, 1.165) is 6.42 Å². The molecule has 0 bridgehead atoms. The Morgan fingerprint density at radius 3 is 2.18 bits per heavy atom. The van der Waals surface area contributed by atoms with Crippen molar-refractivity contribution in [1.82, 2.24) is 0 Å². The van der Waals surface area contributed by atoms with Crippen LogP contribution in [0.5, 0.6) is 0 Å². The van der Waals surface area contributed by atoms with Crippen molar-refractivity contribution in [2.45, 2.75) is 50.5 Å². The minimum absolute atomic E-state index is 0.0304. The SMILES string of the molecule is CC[C@]1(N)CCCCC1(F)F. The minimum atomic E-state index is -2.64. The van der Waals surface area contributed by atoms with Gasteiger partial charge in [-0.05, 0) is 19.3 Å². The van der Waals surface area contributed by atoms with Crippen LogP contribution in [0.3, 0.4) is 0 Å². The molecule has 11 heavy (non-hydrogen) atoms. The molecule has 1 aliphatic rings. The Morgan fingerprint density at radius 1 is 1.27 bits per heavy atom. The summed E-state index contributed by atoms with van der Waals surface area (Å²) >= 11 is 0. The Balaban J connectivity index is 2.74. The largest absolute Gasteiger partial charge is 0.320 e. The first-order valence-corrected chi connectivity index (χ1v) is 4.18. The zero-order chi connectivity index (χ0) is 8.54. The molecule has 1 saturated carbocycles. The first-order valence-electron chi connectivity index (χ1n) is 4.18. The second kappa shape index (κ2) is 2.70. The zero-order valence-electron chi connectivity index (χ0n) is 6.87. The van der Waals surface area contributed by atoms with E-state index in [2.05, 4.69) is 0 Å². The van der Waals surface area contributed by atoms with Gasteiger partial charge in [0.2, 0.25) is 0 Å². The summed E-state index contributed by atoms with van der Waals surface area (Å²) in [6, 6.07) is 0. The van der Waals surface area contributed by atoms with Crippen LogP contribution in [0.1, 0.15) is 39.0 Å². The zero-order valence-corrected chi connectivity index (χ0v) is 6.87. The molecule has 0 amide bonds. The molecule has 2 N–H and O–H groups in total. The average Bonchev–Trinajstić information content (AvgIpc) is 1.95. The van der Waals surface area contributed by atoms with Gasteiger partial charge in [0, 0.05) is 6.42 Å². The molecule has 0 unspecified atom stereocenters. The molecular weight excluding hydrogens is 148 g/mol. The minimum Gasteiger partial charge on any atom is -0.320 e. The number of halogens is 2. The van der Waals surface area contributed by atoms with Gasteiger partial charge in [-0.15, -0.1) is 0 Å². The van der Waals surface area contributed by atoms with E-state index in [9.17, 15) is 8.78 Å². The van der Waals surface area contributed by atoms with E-state index < -0.39 is 11.5 Å². The highest BCUT2D eigenvalue weighted by Crippen LogP contribution is 2.41. The maximum atomic E-state index is 13.1. The Morgan fingerprint density at radius 2 is 1.82 bits per heavy atom. The van der Waals surface area contributed by atoms with Crippen molar-refractivity contribution in [3.63, 3.8) is 0 Å². The standard InChI is InChI=1S/C8H15F2N/c1-2-7(11)5-3-4-6-8(7,9)10/h2-6,11H2,1H3/t7-/m0/s1. The van der Waals surface area contributed by atoms with Gasteiger partial charge in [0.15, 0.2) is 0 Å². The first kappa shape index (κ1) is 8.91. The second-order valence-corrected chi connectivity index (χ2v) is 3.42. The van der Waals surface area contributed by atoms with Gasteiger partial charge in [0.1, 0.15) is 0 Å². The number of hydrogen-bond donors (Lipinski definition) is 1. The Bertz CT molecular complexity index is 147. The highest BCUT2D eigenvalue weighted by Gasteiger charge is 2.50. The summed E-state index contributed by atoms with van der Waals surface area (Å²) in [7, 11) is 0. The Labute approximate surface area is 66.0 Å². The van der Waals surface area contributed by atoms with Gasteiger partial charge in [-0.1, -0.05) is 13.3 Å². The van der Waals surface area contributed by atoms with E-state index in [1.54, 1.807) is 6.92 Å². The number of rotatable bonds is 1. The van der Waals surface area contributed by atoms with E-state index in [1.807, 2.05) is 0 Å². The van der Waals surface area contributed by atoms with Crippen molar-refractivity contribution in [3.05, 3.63) is 0 Å². The van der Waals surface area contributed by atoms with Gasteiger partial charge >= 0.3 is 0 Å². The van der Waals surface area contributed by atoms with Crippen LogP contribution < -0.4 is 5.73 Å². The molecule has 0 saturated heterocycles. The van der Waals surface area contributed by atoms with Gasteiger partial charge in [-0.2, -0.15) is 0 Å². The highest BCUT2D eigenvalue weighted by atomic mass is 19.3. The molecule has 1 aliphatic carbocycles.